The molecule has 2 fully saturated rings. The van der Waals surface area contributed by atoms with Crippen molar-refractivity contribution in [3.63, 3.8) is 0 Å². The second kappa shape index (κ2) is 4.00. The summed E-state index contributed by atoms with van der Waals surface area (Å²) in [6.45, 7) is 5.98. The van der Waals surface area contributed by atoms with Crippen LogP contribution in [0.3, 0.4) is 0 Å². The van der Waals surface area contributed by atoms with Gasteiger partial charge >= 0.3 is 0 Å². The molecule has 0 bridgehead atoms. The van der Waals surface area contributed by atoms with Crippen molar-refractivity contribution in [1.29, 1.82) is 0 Å². The first kappa shape index (κ1) is 11.0. The van der Waals surface area contributed by atoms with E-state index in [1.165, 1.54) is 32.1 Å². The van der Waals surface area contributed by atoms with E-state index < -0.39 is 0 Å². The quantitative estimate of drug-likeness (QED) is 0.611. The van der Waals surface area contributed by atoms with Gasteiger partial charge < -0.3 is 5.11 Å². The molecule has 0 saturated heterocycles. The molecule has 0 aliphatic heterocycles. The van der Waals surface area contributed by atoms with Crippen LogP contribution in [-0.2, 0) is 0 Å². The Hall–Kier alpha value is -0.0400. The highest BCUT2D eigenvalue weighted by Crippen LogP contribution is 2.56. The molecule has 1 nitrogen and oxygen atoms in total. The van der Waals surface area contributed by atoms with Crippen molar-refractivity contribution >= 4 is 0 Å². The van der Waals surface area contributed by atoms with Crippen LogP contribution in [0.15, 0.2) is 0 Å². The number of aliphatic hydroxyl groups is 1. The van der Waals surface area contributed by atoms with Crippen LogP contribution in [0.1, 0.15) is 65.7 Å². The van der Waals surface area contributed by atoms with Crippen molar-refractivity contribution in [2.75, 3.05) is 0 Å². The molecule has 2 aliphatic carbocycles. The highest BCUT2D eigenvalue weighted by molar-refractivity contribution is 5.02. The molecule has 2 aliphatic rings. The first-order valence-corrected chi connectivity index (χ1v) is 5.84. The maximum atomic E-state index is 9.63. The number of hydrogen-bond acceptors (Lipinski definition) is 1. The molecule has 0 aromatic heterocycles. The summed E-state index contributed by atoms with van der Waals surface area (Å²) in [5, 5.41) is 9.63. The fourth-order valence-electron chi connectivity index (χ4n) is 3.22. The number of hydrogen-bond donors (Lipinski definition) is 1. The van der Waals surface area contributed by atoms with Crippen LogP contribution in [-0.4, -0.2) is 10.7 Å². The summed E-state index contributed by atoms with van der Waals surface area (Å²) in [4.78, 5) is 0. The average Bonchev–Trinajstić information content (AvgIpc) is 2.06. The molecule has 0 aromatic rings. The summed E-state index contributed by atoms with van der Waals surface area (Å²) < 4.78 is 0. The Labute approximate surface area is 82.5 Å². The van der Waals surface area contributed by atoms with E-state index in [0.29, 0.717) is 5.41 Å². The molecule has 2 rings (SSSR count). The van der Waals surface area contributed by atoms with Gasteiger partial charge in [0.15, 0.2) is 0 Å². The van der Waals surface area contributed by atoms with Crippen LogP contribution in [0.5, 0.6) is 0 Å². The number of rotatable bonds is 0. The van der Waals surface area contributed by atoms with Gasteiger partial charge in [-0.15, -0.1) is 0 Å². The van der Waals surface area contributed by atoms with Crippen LogP contribution in [0.25, 0.3) is 0 Å². The zero-order valence-corrected chi connectivity index (χ0v) is 9.40. The molecule has 0 radical (unpaired) electrons. The predicted octanol–water partition coefficient (Wildman–Crippen LogP) is 3.51. The van der Waals surface area contributed by atoms with Gasteiger partial charge in [-0.05, 0) is 38.0 Å². The first-order valence-electron chi connectivity index (χ1n) is 5.84. The van der Waals surface area contributed by atoms with Gasteiger partial charge in [-0.1, -0.05) is 33.1 Å². The Morgan fingerprint density at radius 3 is 1.77 bits per heavy atom. The van der Waals surface area contributed by atoms with Crippen molar-refractivity contribution in [3.05, 3.63) is 0 Å². The summed E-state index contributed by atoms with van der Waals surface area (Å²) in [6.07, 6.45) is 9.11. The summed E-state index contributed by atoms with van der Waals surface area (Å²) >= 11 is 0. The third-order valence-electron chi connectivity index (χ3n) is 3.43. The molecule has 0 heterocycles. The van der Waals surface area contributed by atoms with Crippen LogP contribution >= 0.6 is 0 Å². The highest BCUT2D eigenvalue weighted by atomic mass is 16.3. The highest BCUT2D eigenvalue weighted by Gasteiger charge is 2.50. The molecular formula is C12H24O. The Kier molecular flexibility index (Phi) is 3.39. The van der Waals surface area contributed by atoms with Crippen molar-refractivity contribution in [2.45, 2.75) is 71.3 Å². The van der Waals surface area contributed by atoms with Crippen LogP contribution < -0.4 is 0 Å². The molecule has 1 spiro atoms. The summed E-state index contributed by atoms with van der Waals surface area (Å²) in [5.74, 6) is 0. The minimum atomic E-state index is -0.308. The van der Waals surface area contributed by atoms with E-state index in [2.05, 4.69) is 0 Å². The van der Waals surface area contributed by atoms with Gasteiger partial charge in [-0.2, -0.15) is 0 Å². The van der Waals surface area contributed by atoms with Gasteiger partial charge in [0.1, 0.15) is 0 Å². The van der Waals surface area contributed by atoms with Crippen molar-refractivity contribution in [1.82, 2.24) is 0 Å². The smallest absolute Gasteiger partial charge is 0.0630 e. The van der Waals surface area contributed by atoms with E-state index in [0.717, 1.165) is 12.8 Å². The van der Waals surface area contributed by atoms with Crippen molar-refractivity contribution in [2.24, 2.45) is 5.41 Å². The van der Waals surface area contributed by atoms with Crippen LogP contribution in [0.4, 0.5) is 0 Å². The summed E-state index contributed by atoms with van der Waals surface area (Å²) in [5.41, 5.74) is 0.277. The molecule has 0 aromatic carbocycles. The first-order chi connectivity index (χ1) is 6.12. The summed E-state index contributed by atoms with van der Waals surface area (Å²) in [6, 6.07) is 0. The average molecular weight is 184 g/mol. The Morgan fingerprint density at radius 1 is 0.923 bits per heavy atom. The lowest BCUT2D eigenvalue weighted by Crippen LogP contribution is -2.50. The zero-order chi connectivity index (χ0) is 9.95. The van der Waals surface area contributed by atoms with E-state index in [1.54, 1.807) is 0 Å². The predicted molar refractivity (Wildman–Crippen MR) is 56.7 cm³/mol. The molecule has 0 amide bonds. The van der Waals surface area contributed by atoms with E-state index in [1.807, 2.05) is 20.8 Å². The molecule has 2 saturated carbocycles. The fourth-order valence-corrected chi connectivity index (χ4v) is 3.22. The monoisotopic (exact) mass is 184 g/mol. The summed E-state index contributed by atoms with van der Waals surface area (Å²) in [7, 11) is 0. The standard InChI is InChI=1S/C10H18O.C2H6/c1-9(11)7-10(8-9)5-3-2-4-6-10;1-2/h11H,2-8H2,1H3;1-2H3. The van der Waals surface area contributed by atoms with Gasteiger partial charge in [0.2, 0.25) is 0 Å². The maximum absolute atomic E-state index is 9.63. The lowest BCUT2D eigenvalue weighted by atomic mass is 9.54. The van der Waals surface area contributed by atoms with Gasteiger partial charge in [-0.3, -0.25) is 0 Å². The fraction of sp³-hybridized carbons (Fsp3) is 1.00. The van der Waals surface area contributed by atoms with Crippen molar-refractivity contribution in [3.8, 4) is 0 Å². The maximum Gasteiger partial charge on any atom is 0.0630 e. The molecular weight excluding hydrogens is 160 g/mol. The Morgan fingerprint density at radius 2 is 1.38 bits per heavy atom. The molecule has 78 valence electrons. The van der Waals surface area contributed by atoms with E-state index in [4.69, 9.17) is 0 Å². The van der Waals surface area contributed by atoms with Gasteiger partial charge in [-0.25, -0.2) is 0 Å². The zero-order valence-electron chi connectivity index (χ0n) is 9.40. The van der Waals surface area contributed by atoms with Gasteiger partial charge in [0.25, 0.3) is 0 Å². The largest absolute Gasteiger partial charge is 0.390 e. The second-order valence-electron chi connectivity index (χ2n) is 4.91. The molecule has 1 heteroatoms. The Balaban J connectivity index is 0.000000396. The van der Waals surface area contributed by atoms with Gasteiger partial charge in [0.05, 0.1) is 5.60 Å². The SMILES string of the molecule is CC.CC1(O)CC2(CCCCC2)C1. The second-order valence-corrected chi connectivity index (χ2v) is 4.91. The van der Waals surface area contributed by atoms with Crippen LogP contribution in [0, 0.1) is 5.41 Å². The van der Waals surface area contributed by atoms with E-state index in [9.17, 15) is 5.11 Å². The minimum absolute atomic E-state index is 0.308. The molecule has 1 N–H and O–H groups in total. The molecule has 13 heavy (non-hydrogen) atoms. The third kappa shape index (κ3) is 2.46. The normalized spacial score (nSPS) is 28.6. The topological polar surface area (TPSA) is 20.2 Å². The minimum Gasteiger partial charge on any atom is -0.390 e. The molecule has 0 atom stereocenters. The lowest BCUT2D eigenvalue weighted by molar-refractivity contribution is -0.129. The van der Waals surface area contributed by atoms with Crippen LogP contribution in [0.2, 0.25) is 0 Å². The lowest BCUT2D eigenvalue weighted by Gasteiger charge is -2.54. The van der Waals surface area contributed by atoms with E-state index in [-0.39, 0.29) is 5.60 Å². The third-order valence-corrected chi connectivity index (χ3v) is 3.43. The molecule has 0 unspecified atom stereocenters. The van der Waals surface area contributed by atoms with Gasteiger partial charge in [0, 0.05) is 0 Å². The van der Waals surface area contributed by atoms with Crippen molar-refractivity contribution < 1.29 is 5.11 Å². The Bertz CT molecular complexity index is 145. The van der Waals surface area contributed by atoms with E-state index >= 15 is 0 Å².